The Balaban J connectivity index is 2.18. The van der Waals surface area contributed by atoms with Gasteiger partial charge >= 0.3 is 0 Å². The van der Waals surface area contributed by atoms with Crippen molar-refractivity contribution in [3.05, 3.63) is 23.8 Å². The highest BCUT2D eigenvalue weighted by atomic mass is 19.1. The Bertz CT molecular complexity index is 420. The predicted molar refractivity (Wildman–Crippen MR) is 78.3 cm³/mol. The van der Waals surface area contributed by atoms with E-state index in [9.17, 15) is 0 Å². The number of hydrogen-bond donors (Lipinski definition) is 1. The second-order valence-corrected chi connectivity index (χ2v) is 5.65. The molecule has 0 aliphatic carbocycles. The Hall–Kier alpha value is -1.29. The summed E-state index contributed by atoms with van der Waals surface area (Å²) in [6.07, 6.45) is 3.88. The number of halogens is 1. The van der Waals surface area contributed by atoms with Crippen molar-refractivity contribution in [3.63, 3.8) is 0 Å². The Morgan fingerprint density at radius 3 is 2.35 bits per heavy atom. The van der Waals surface area contributed by atoms with Crippen LogP contribution in [0.4, 0.5) is 4.39 Å². The number of piperidine rings is 1. The van der Waals surface area contributed by atoms with Gasteiger partial charge in [0, 0.05) is 18.5 Å². The summed E-state index contributed by atoms with van der Waals surface area (Å²) < 4.78 is 25.5. The maximum atomic E-state index is 15.1. The minimum Gasteiger partial charge on any atom is -0.497 e. The van der Waals surface area contributed by atoms with E-state index in [1.165, 1.54) is 12.8 Å². The third-order valence-electron chi connectivity index (χ3n) is 4.00. The predicted octanol–water partition coefficient (Wildman–Crippen LogP) is 3.42. The SMILES string of the molecule is COc1cc(OC)cc(C(C)(F)CC2CCCCN2)c1. The number of methoxy groups -OCH3 is 2. The molecule has 0 radical (unpaired) electrons. The molecule has 2 atom stereocenters. The van der Waals surface area contributed by atoms with Gasteiger partial charge in [0.05, 0.1) is 14.2 Å². The first kappa shape index (κ1) is 15.1. The zero-order valence-electron chi connectivity index (χ0n) is 12.5. The van der Waals surface area contributed by atoms with Crippen molar-refractivity contribution < 1.29 is 13.9 Å². The Morgan fingerprint density at radius 1 is 1.20 bits per heavy atom. The second kappa shape index (κ2) is 6.44. The van der Waals surface area contributed by atoms with Gasteiger partial charge in [-0.05, 0) is 44.0 Å². The van der Waals surface area contributed by atoms with Gasteiger partial charge in [-0.25, -0.2) is 4.39 Å². The van der Waals surface area contributed by atoms with Crippen molar-refractivity contribution in [1.82, 2.24) is 5.32 Å². The zero-order chi connectivity index (χ0) is 14.6. The summed E-state index contributed by atoms with van der Waals surface area (Å²) in [6, 6.07) is 5.52. The summed E-state index contributed by atoms with van der Waals surface area (Å²) in [4.78, 5) is 0. The summed E-state index contributed by atoms with van der Waals surface area (Å²) >= 11 is 0. The molecule has 112 valence electrons. The molecule has 0 amide bonds. The molecule has 0 spiro atoms. The average molecular weight is 281 g/mol. The normalized spacial score (nSPS) is 22.1. The van der Waals surface area contributed by atoms with Crippen molar-refractivity contribution in [2.24, 2.45) is 0 Å². The number of nitrogens with one attached hydrogen (secondary N) is 1. The lowest BCUT2D eigenvalue weighted by molar-refractivity contribution is 0.145. The molecule has 0 bridgehead atoms. The van der Waals surface area contributed by atoms with Crippen molar-refractivity contribution in [2.75, 3.05) is 20.8 Å². The molecule has 20 heavy (non-hydrogen) atoms. The molecule has 1 aromatic rings. The lowest BCUT2D eigenvalue weighted by atomic mass is 9.87. The Labute approximate surface area is 120 Å². The van der Waals surface area contributed by atoms with Crippen LogP contribution in [0.3, 0.4) is 0 Å². The maximum absolute atomic E-state index is 15.1. The molecule has 1 N–H and O–H groups in total. The van der Waals surface area contributed by atoms with Gasteiger partial charge in [0.1, 0.15) is 17.2 Å². The molecule has 1 fully saturated rings. The number of ether oxygens (including phenoxy) is 2. The van der Waals surface area contributed by atoms with Crippen LogP contribution in [0.2, 0.25) is 0 Å². The van der Waals surface area contributed by atoms with E-state index in [-0.39, 0.29) is 6.04 Å². The molecule has 4 heteroatoms. The Kier molecular flexibility index (Phi) is 4.86. The molecule has 1 aliphatic rings. The van der Waals surface area contributed by atoms with E-state index in [4.69, 9.17) is 9.47 Å². The minimum atomic E-state index is -1.39. The molecule has 2 rings (SSSR count). The maximum Gasteiger partial charge on any atom is 0.135 e. The highest BCUT2D eigenvalue weighted by Crippen LogP contribution is 2.36. The molecule has 0 saturated carbocycles. The summed E-state index contributed by atoms with van der Waals surface area (Å²) in [7, 11) is 3.16. The van der Waals surface area contributed by atoms with Gasteiger partial charge in [0.15, 0.2) is 0 Å². The van der Waals surface area contributed by atoms with Gasteiger partial charge in [-0.3, -0.25) is 0 Å². The van der Waals surface area contributed by atoms with Gasteiger partial charge in [0.2, 0.25) is 0 Å². The monoisotopic (exact) mass is 281 g/mol. The van der Waals surface area contributed by atoms with Gasteiger partial charge < -0.3 is 14.8 Å². The first-order valence-electron chi connectivity index (χ1n) is 7.21. The third kappa shape index (κ3) is 3.63. The highest BCUT2D eigenvalue weighted by Gasteiger charge is 2.31. The van der Waals surface area contributed by atoms with Crippen LogP contribution in [0, 0.1) is 0 Å². The molecule has 2 unspecified atom stereocenters. The lowest BCUT2D eigenvalue weighted by Gasteiger charge is -2.30. The summed E-state index contributed by atoms with van der Waals surface area (Å²) in [5.41, 5.74) is -0.780. The largest absolute Gasteiger partial charge is 0.497 e. The van der Waals surface area contributed by atoms with Crippen LogP contribution >= 0.6 is 0 Å². The van der Waals surface area contributed by atoms with E-state index in [0.717, 1.165) is 13.0 Å². The molecule has 1 saturated heterocycles. The standard InChI is InChI=1S/C16H24FNO2/c1-16(17,11-13-6-4-5-7-18-13)12-8-14(19-2)10-15(9-12)20-3/h8-10,13,18H,4-7,11H2,1-3H3. The van der Waals surface area contributed by atoms with Crippen molar-refractivity contribution in [3.8, 4) is 11.5 Å². The highest BCUT2D eigenvalue weighted by molar-refractivity contribution is 5.40. The van der Waals surface area contributed by atoms with Crippen molar-refractivity contribution in [2.45, 2.75) is 44.3 Å². The average Bonchev–Trinajstić information content (AvgIpc) is 2.47. The summed E-state index contributed by atoms with van der Waals surface area (Å²) in [5.74, 6) is 1.25. The topological polar surface area (TPSA) is 30.5 Å². The number of alkyl halides is 1. The van der Waals surface area contributed by atoms with Gasteiger partial charge in [-0.1, -0.05) is 6.42 Å². The van der Waals surface area contributed by atoms with E-state index in [1.807, 2.05) is 0 Å². The summed E-state index contributed by atoms with van der Waals surface area (Å²) in [5, 5.41) is 3.40. The molecule has 1 heterocycles. The van der Waals surface area contributed by atoms with Crippen molar-refractivity contribution >= 4 is 0 Å². The fourth-order valence-electron chi connectivity index (χ4n) is 2.79. The van der Waals surface area contributed by atoms with E-state index < -0.39 is 5.67 Å². The van der Waals surface area contributed by atoms with E-state index in [0.29, 0.717) is 23.5 Å². The Morgan fingerprint density at radius 2 is 1.85 bits per heavy atom. The van der Waals surface area contributed by atoms with Gasteiger partial charge in [-0.15, -0.1) is 0 Å². The summed E-state index contributed by atoms with van der Waals surface area (Å²) in [6.45, 7) is 2.62. The minimum absolute atomic E-state index is 0.246. The fourth-order valence-corrected chi connectivity index (χ4v) is 2.79. The number of rotatable bonds is 5. The first-order valence-corrected chi connectivity index (χ1v) is 7.21. The van der Waals surface area contributed by atoms with E-state index in [1.54, 1.807) is 39.3 Å². The van der Waals surface area contributed by atoms with Crippen molar-refractivity contribution in [1.29, 1.82) is 0 Å². The van der Waals surface area contributed by atoms with Crippen LogP contribution in [0.25, 0.3) is 0 Å². The van der Waals surface area contributed by atoms with Gasteiger partial charge in [0.25, 0.3) is 0 Å². The fraction of sp³-hybridized carbons (Fsp3) is 0.625. The number of hydrogen-bond acceptors (Lipinski definition) is 3. The molecule has 1 aromatic carbocycles. The molecular formula is C16H24FNO2. The van der Waals surface area contributed by atoms with Crippen LogP contribution in [0.5, 0.6) is 11.5 Å². The van der Waals surface area contributed by atoms with Crippen LogP contribution in [-0.4, -0.2) is 26.8 Å². The smallest absolute Gasteiger partial charge is 0.135 e. The van der Waals surface area contributed by atoms with Crippen LogP contribution in [0.15, 0.2) is 18.2 Å². The van der Waals surface area contributed by atoms with Gasteiger partial charge in [-0.2, -0.15) is 0 Å². The third-order valence-corrected chi connectivity index (χ3v) is 4.00. The molecule has 3 nitrogen and oxygen atoms in total. The molecule has 1 aliphatic heterocycles. The zero-order valence-corrected chi connectivity index (χ0v) is 12.5. The second-order valence-electron chi connectivity index (χ2n) is 5.65. The quantitative estimate of drug-likeness (QED) is 0.897. The van der Waals surface area contributed by atoms with E-state index in [2.05, 4.69) is 5.32 Å². The first-order chi connectivity index (χ1) is 9.55. The van der Waals surface area contributed by atoms with Crippen LogP contribution in [0.1, 0.15) is 38.2 Å². The lowest BCUT2D eigenvalue weighted by Crippen LogP contribution is -2.38. The van der Waals surface area contributed by atoms with Crippen LogP contribution in [-0.2, 0) is 5.67 Å². The van der Waals surface area contributed by atoms with E-state index >= 15 is 4.39 Å². The molecule has 0 aromatic heterocycles. The van der Waals surface area contributed by atoms with Crippen LogP contribution < -0.4 is 14.8 Å². The molecular weight excluding hydrogens is 257 g/mol. The number of benzene rings is 1.